The molecule has 3 aromatic carbocycles. The first-order valence-electron chi connectivity index (χ1n) is 6.58. The number of hydrogen-bond donors (Lipinski definition) is 1. The predicted octanol–water partition coefficient (Wildman–Crippen LogP) is 4.84. The smallest absolute Gasteiger partial charge is 0.134 e. The molecule has 0 unspecified atom stereocenters. The van der Waals surface area contributed by atoms with E-state index < -0.39 is 0 Å². The summed E-state index contributed by atoms with van der Waals surface area (Å²) in [5.41, 5.74) is 9.98. The van der Waals surface area contributed by atoms with Gasteiger partial charge in [-0.3, -0.25) is 0 Å². The fourth-order valence-corrected chi connectivity index (χ4v) is 2.76. The number of nitrogens with two attached hydrogens (primary N) is 1. The molecule has 2 heteroatoms. The van der Waals surface area contributed by atoms with Gasteiger partial charge in [0.2, 0.25) is 0 Å². The van der Waals surface area contributed by atoms with Gasteiger partial charge in [-0.05, 0) is 22.9 Å². The van der Waals surface area contributed by atoms with Crippen molar-refractivity contribution in [2.24, 2.45) is 0 Å². The molecular formula is C18H13NO. The minimum absolute atomic E-state index is 0.773. The zero-order chi connectivity index (χ0) is 13.5. The highest BCUT2D eigenvalue weighted by molar-refractivity contribution is 6.08. The molecule has 0 atom stereocenters. The Morgan fingerprint density at radius 2 is 1.50 bits per heavy atom. The average Bonchev–Trinajstić information content (AvgIpc) is 2.91. The molecule has 0 saturated heterocycles. The second-order valence-corrected chi connectivity index (χ2v) is 4.90. The predicted molar refractivity (Wildman–Crippen MR) is 83.6 cm³/mol. The zero-order valence-electron chi connectivity index (χ0n) is 10.8. The van der Waals surface area contributed by atoms with E-state index in [4.69, 9.17) is 10.2 Å². The lowest BCUT2D eigenvalue weighted by Gasteiger charge is -2.08. The molecule has 1 heterocycles. The van der Waals surface area contributed by atoms with Gasteiger partial charge in [-0.25, -0.2) is 0 Å². The van der Waals surface area contributed by atoms with Crippen LogP contribution in [0.3, 0.4) is 0 Å². The number of para-hydroxylation sites is 1. The molecule has 2 N–H and O–H groups in total. The summed E-state index contributed by atoms with van der Waals surface area (Å²) < 4.78 is 5.65. The summed E-state index contributed by atoms with van der Waals surface area (Å²) in [4.78, 5) is 0. The Kier molecular flexibility index (Phi) is 2.30. The molecule has 0 radical (unpaired) electrons. The largest absolute Gasteiger partial charge is 0.464 e. The Morgan fingerprint density at radius 3 is 2.40 bits per heavy atom. The lowest BCUT2D eigenvalue weighted by Crippen LogP contribution is -1.90. The van der Waals surface area contributed by atoms with Crippen LogP contribution in [0.15, 0.2) is 71.3 Å². The van der Waals surface area contributed by atoms with Crippen LogP contribution in [0.5, 0.6) is 0 Å². The van der Waals surface area contributed by atoms with Crippen LogP contribution in [-0.4, -0.2) is 0 Å². The lowest BCUT2D eigenvalue weighted by molar-refractivity contribution is 0.617. The van der Waals surface area contributed by atoms with Gasteiger partial charge in [0.15, 0.2) is 0 Å². The van der Waals surface area contributed by atoms with Crippen LogP contribution in [0, 0.1) is 0 Å². The van der Waals surface area contributed by atoms with E-state index >= 15 is 0 Å². The van der Waals surface area contributed by atoms with Gasteiger partial charge in [0.05, 0.1) is 6.26 Å². The molecule has 4 aromatic rings. The van der Waals surface area contributed by atoms with Crippen LogP contribution in [-0.2, 0) is 0 Å². The molecule has 0 bridgehead atoms. The van der Waals surface area contributed by atoms with E-state index in [2.05, 4.69) is 24.3 Å². The van der Waals surface area contributed by atoms with Gasteiger partial charge in [-0.15, -0.1) is 0 Å². The van der Waals surface area contributed by atoms with Crippen molar-refractivity contribution in [3.63, 3.8) is 0 Å². The molecule has 4 rings (SSSR count). The molecule has 2 nitrogen and oxygen atoms in total. The number of nitrogen functional groups attached to an aromatic ring is 1. The van der Waals surface area contributed by atoms with Gasteiger partial charge in [-0.1, -0.05) is 48.5 Å². The van der Waals surface area contributed by atoms with Crippen LogP contribution in [0.1, 0.15) is 0 Å². The van der Waals surface area contributed by atoms with Gasteiger partial charge < -0.3 is 10.2 Å². The maximum Gasteiger partial charge on any atom is 0.134 e. The van der Waals surface area contributed by atoms with Crippen LogP contribution < -0.4 is 5.73 Å². The Hall–Kier alpha value is -2.74. The summed E-state index contributed by atoms with van der Waals surface area (Å²) in [6.45, 7) is 0. The normalized spacial score (nSPS) is 11.2. The van der Waals surface area contributed by atoms with Gasteiger partial charge in [0, 0.05) is 22.2 Å². The highest BCUT2D eigenvalue weighted by atomic mass is 16.3. The fourth-order valence-electron chi connectivity index (χ4n) is 2.76. The summed E-state index contributed by atoms with van der Waals surface area (Å²) in [6, 6.07) is 20.3. The van der Waals surface area contributed by atoms with E-state index in [-0.39, 0.29) is 0 Å². The second-order valence-electron chi connectivity index (χ2n) is 4.90. The quantitative estimate of drug-likeness (QED) is 0.497. The van der Waals surface area contributed by atoms with Crippen LogP contribution in [0.4, 0.5) is 5.69 Å². The summed E-state index contributed by atoms with van der Waals surface area (Å²) >= 11 is 0. The van der Waals surface area contributed by atoms with Crippen LogP contribution in [0.25, 0.3) is 32.9 Å². The number of anilines is 1. The highest BCUT2D eigenvalue weighted by Crippen LogP contribution is 2.38. The monoisotopic (exact) mass is 259 g/mol. The lowest BCUT2D eigenvalue weighted by atomic mass is 9.96. The molecular weight excluding hydrogens is 246 g/mol. The van der Waals surface area contributed by atoms with E-state index in [1.807, 2.05) is 36.4 Å². The maximum atomic E-state index is 6.23. The van der Waals surface area contributed by atoms with E-state index in [0.29, 0.717) is 0 Å². The number of fused-ring (bicyclic) bond motifs is 2. The topological polar surface area (TPSA) is 39.2 Å². The molecule has 1 aromatic heterocycles. The summed E-state index contributed by atoms with van der Waals surface area (Å²) in [6.07, 6.45) is 1.79. The molecule has 0 saturated carbocycles. The molecule has 0 aliphatic carbocycles. The van der Waals surface area contributed by atoms with Crippen molar-refractivity contribution >= 4 is 27.4 Å². The standard InChI is InChI=1S/C18H13NO/c19-16-10-9-12-5-1-2-6-13(12)18(16)15-11-20-17-8-4-3-7-14(15)17/h1-11H,19H2. The molecule has 0 amide bonds. The Labute approximate surface area is 116 Å². The van der Waals surface area contributed by atoms with E-state index in [0.717, 1.165) is 33.2 Å². The zero-order valence-corrected chi connectivity index (χ0v) is 10.8. The molecule has 0 fully saturated rings. The van der Waals surface area contributed by atoms with Crippen molar-refractivity contribution in [3.8, 4) is 11.1 Å². The Balaban J connectivity index is 2.14. The van der Waals surface area contributed by atoms with Crippen molar-refractivity contribution in [1.29, 1.82) is 0 Å². The second kappa shape index (κ2) is 4.14. The van der Waals surface area contributed by atoms with E-state index in [1.54, 1.807) is 6.26 Å². The number of rotatable bonds is 1. The number of benzene rings is 3. The van der Waals surface area contributed by atoms with Crippen molar-refractivity contribution in [1.82, 2.24) is 0 Å². The summed E-state index contributed by atoms with van der Waals surface area (Å²) in [5.74, 6) is 0. The summed E-state index contributed by atoms with van der Waals surface area (Å²) in [7, 11) is 0. The minimum atomic E-state index is 0.773. The SMILES string of the molecule is Nc1ccc2ccccc2c1-c1coc2ccccc12. The highest BCUT2D eigenvalue weighted by Gasteiger charge is 2.13. The third-order valence-electron chi connectivity index (χ3n) is 3.71. The molecule has 96 valence electrons. The molecule has 0 spiro atoms. The van der Waals surface area contributed by atoms with Crippen molar-refractivity contribution in [2.45, 2.75) is 0 Å². The maximum absolute atomic E-state index is 6.23. The Bertz CT molecular complexity index is 921. The minimum Gasteiger partial charge on any atom is -0.464 e. The third kappa shape index (κ3) is 1.51. The average molecular weight is 259 g/mol. The molecule has 0 aliphatic rings. The van der Waals surface area contributed by atoms with Gasteiger partial charge >= 0.3 is 0 Å². The van der Waals surface area contributed by atoms with Crippen LogP contribution >= 0.6 is 0 Å². The van der Waals surface area contributed by atoms with Gasteiger partial charge in [0.25, 0.3) is 0 Å². The van der Waals surface area contributed by atoms with Crippen LogP contribution in [0.2, 0.25) is 0 Å². The van der Waals surface area contributed by atoms with Crippen molar-refractivity contribution in [3.05, 3.63) is 66.9 Å². The van der Waals surface area contributed by atoms with Gasteiger partial charge in [-0.2, -0.15) is 0 Å². The Morgan fingerprint density at radius 1 is 0.750 bits per heavy atom. The molecule has 20 heavy (non-hydrogen) atoms. The van der Waals surface area contributed by atoms with E-state index in [1.165, 1.54) is 5.39 Å². The first kappa shape index (κ1) is 11.1. The first-order chi connectivity index (χ1) is 9.84. The third-order valence-corrected chi connectivity index (χ3v) is 3.71. The summed E-state index contributed by atoms with van der Waals surface area (Å²) in [5, 5.41) is 3.43. The number of hydrogen-bond acceptors (Lipinski definition) is 2. The van der Waals surface area contributed by atoms with Crippen molar-refractivity contribution in [2.75, 3.05) is 5.73 Å². The van der Waals surface area contributed by atoms with Gasteiger partial charge in [0.1, 0.15) is 5.58 Å². The van der Waals surface area contributed by atoms with E-state index in [9.17, 15) is 0 Å². The van der Waals surface area contributed by atoms with Crippen molar-refractivity contribution < 1.29 is 4.42 Å². The molecule has 0 aliphatic heterocycles. The first-order valence-corrected chi connectivity index (χ1v) is 6.58. The fraction of sp³-hybridized carbons (Fsp3) is 0. The number of furan rings is 1.